The van der Waals surface area contributed by atoms with Crippen LogP contribution in [0, 0.1) is 6.92 Å². The number of rotatable bonds is 8. The number of nitrogens with zero attached hydrogens (tertiary/aromatic N) is 1. The zero-order chi connectivity index (χ0) is 22.5. The van der Waals surface area contributed by atoms with Gasteiger partial charge in [0.1, 0.15) is 0 Å². The lowest BCUT2D eigenvalue weighted by molar-refractivity contribution is -0.137. The summed E-state index contributed by atoms with van der Waals surface area (Å²) in [5, 5.41) is 2.69. The molecule has 0 bridgehead atoms. The molecule has 0 aliphatic heterocycles. The second-order valence-electron chi connectivity index (χ2n) is 6.81. The van der Waals surface area contributed by atoms with Crippen LogP contribution in [0.4, 0.5) is 24.5 Å². The van der Waals surface area contributed by atoms with Gasteiger partial charge in [0.25, 0.3) is 0 Å². The van der Waals surface area contributed by atoms with Crippen LogP contribution in [-0.2, 0) is 20.8 Å². The highest BCUT2D eigenvalue weighted by molar-refractivity contribution is 7.91. The predicted molar refractivity (Wildman–Crippen MR) is 111 cm³/mol. The molecule has 1 N–H and O–H groups in total. The van der Waals surface area contributed by atoms with Crippen LogP contribution in [-0.4, -0.2) is 33.2 Å². The molecule has 164 valence electrons. The molecule has 0 saturated carbocycles. The second kappa shape index (κ2) is 9.51. The molecular formula is C21H25F3N2O3S. The maximum atomic E-state index is 12.6. The van der Waals surface area contributed by atoms with Gasteiger partial charge in [0.05, 0.1) is 16.2 Å². The largest absolute Gasteiger partial charge is 0.416 e. The summed E-state index contributed by atoms with van der Waals surface area (Å²) in [4.78, 5) is 14.1. The van der Waals surface area contributed by atoms with Gasteiger partial charge >= 0.3 is 6.18 Å². The molecule has 0 atom stereocenters. The number of sulfone groups is 1. The van der Waals surface area contributed by atoms with Crippen molar-refractivity contribution in [1.29, 1.82) is 0 Å². The third-order valence-corrected chi connectivity index (χ3v) is 6.48. The van der Waals surface area contributed by atoms with Gasteiger partial charge in [0, 0.05) is 30.9 Å². The Labute approximate surface area is 174 Å². The smallest absolute Gasteiger partial charge is 0.372 e. The molecule has 0 fully saturated rings. The highest BCUT2D eigenvalue weighted by Crippen LogP contribution is 2.30. The quantitative estimate of drug-likeness (QED) is 0.646. The monoisotopic (exact) mass is 442 g/mol. The molecule has 0 aromatic heterocycles. The van der Waals surface area contributed by atoms with Crippen LogP contribution in [0.2, 0.25) is 0 Å². The molecule has 30 heavy (non-hydrogen) atoms. The van der Waals surface area contributed by atoms with E-state index in [9.17, 15) is 26.4 Å². The zero-order valence-corrected chi connectivity index (χ0v) is 17.9. The van der Waals surface area contributed by atoms with Crippen LogP contribution in [0.5, 0.6) is 0 Å². The number of carbonyl (C=O) groups is 1. The number of halogens is 3. The fourth-order valence-electron chi connectivity index (χ4n) is 2.98. The van der Waals surface area contributed by atoms with Gasteiger partial charge in [-0.3, -0.25) is 4.79 Å². The van der Waals surface area contributed by atoms with Crippen LogP contribution in [0.1, 0.15) is 31.4 Å². The summed E-state index contributed by atoms with van der Waals surface area (Å²) in [5.74, 6) is -0.981. The molecule has 0 radical (unpaired) electrons. The number of aryl methyl sites for hydroxylation is 1. The van der Waals surface area contributed by atoms with Crippen molar-refractivity contribution in [2.75, 3.05) is 29.1 Å². The molecular weight excluding hydrogens is 417 g/mol. The minimum absolute atomic E-state index is 0.247. The van der Waals surface area contributed by atoms with Crippen molar-refractivity contribution in [3.8, 4) is 0 Å². The Kier molecular flexibility index (Phi) is 7.52. The first-order valence-corrected chi connectivity index (χ1v) is 11.2. The van der Waals surface area contributed by atoms with Gasteiger partial charge in [-0.25, -0.2) is 8.42 Å². The molecule has 2 aromatic carbocycles. The van der Waals surface area contributed by atoms with E-state index in [-0.39, 0.29) is 11.3 Å². The Bertz CT molecular complexity index is 984. The molecule has 9 heteroatoms. The van der Waals surface area contributed by atoms with Crippen LogP contribution in [0.15, 0.2) is 47.4 Å². The number of anilines is 2. The highest BCUT2D eigenvalue weighted by atomic mass is 32.2. The van der Waals surface area contributed by atoms with Crippen molar-refractivity contribution in [3.63, 3.8) is 0 Å². The van der Waals surface area contributed by atoms with Gasteiger partial charge in [-0.2, -0.15) is 13.2 Å². The number of benzene rings is 2. The second-order valence-corrected chi connectivity index (χ2v) is 8.92. The Morgan fingerprint density at radius 2 is 1.63 bits per heavy atom. The molecule has 5 nitrogen and oxygen atoms in total. The van der Waals surface area contributed by atoms with Crippen LogP contribution >= 0.6 is 0 Å². The summed E-state index contributed by atoms with van der Waals surface area (Å²) >= 11 is 0. The average molecular weight is 443 g/mol. The first-order valence-electron chi connectivity index (χ1n) is 9.53. The van der Waals surface area contributed by atoms with Gasteiger partial charge < -0.3 is 10.2 Å². The summed E-state index contributed by atoms with van der Waals surface area (Å²) in [6.45, 7) is 7.64. The molecule has 2 aromatic rings. The molecule has 0 unspecified atom stereocenters. The van der Waals surface area contributed by atoms with Gasteiger partial charge in [-0.1, -0.05) is 0 Å². The third kappa shape index (κ3) is 5.98. The minimum atomic E-state index is -4.54. The maximum Gasteiger partial charge on any atom is 0.416 e. The molecule has 0 heterocycles. The summed E-state index contributed by atoms with van der Waals surface area (Å²) in [7, 11) is -3.88. The van der Waals surface area contributed by atoms with E-state index in [1.807, 2.05) is 32.9 Å². The summed E-state index contributed by atoms with van der Waals surface area (Å²) in [6, 6.07) is 8.85. The van der Waals surface area contributed by atoms with E-state index in [0.717, 1.165) is 36.5 Å². The molecule has 0 saturated heterocycles. The zero-order valence-electron chi connectivity index (χ0n) is 17.1. The number of hydrogen-bond donors (Lipinski definition) is 1. The minimum Gasteiger partial charge on any atom is -0.372 e. The lowest BCUT2D eigenvalue weighted by Gasteiger charge is -2.22. The summed E-state index contributed by atoms with van der Waals surface area (Å²) < 4.78 is 62.5. The first kappa shape index (κ1) is 23.7. The lowest BCUT2D eigenvalue weighted by atomic mass is 10.1. The van der Waals surface area contributed by atoms with E-state index in [1.54, 1.807) is 6.07 Å². The van der Waals surface area contributed by atoms with Crippen molar-refractivity contribution in [2.45, 2.75) is 38.3 Å². The third-order valence-electron chi connectivity index (χ3n) is 4.75. The van der Waals surface area contributed by atoms with E-state index in [2.05, 4.69) is 10.2 Å². The van der Waals surface area contributed by atoms with Gasteiger partial charge in [-0.05, 0) is 68.8 Å². The first-order chi connectivity index (χ1) is 14.0. The fourth-order valence-corrected chi connectivity index (χ4v) is 4.22. The number of nitrogens with one attached hydrogen (secondary N) is 1. The fraction of sp³-hybridized carbons (Fsp3) is 0.381. The Morgan fingerprint density at radius 3 is 2.13 bits per heavy atom. The Hall–Kier alpha value is -2.55. The number of carbonyl (C=O) groups excluding carboxylic acids is 1. The average Bonchev–Trinajstić information content (AvgIpc) is 2.69. The Balaban J connectivity index is 2.01. The van der Waals surface area contributed by atoms with Gasteiger partial charge in [0.2, 0.25) is 5.91 Å². The normalized spacial score (nSPS) is 11.9. The standard InChI is InChI=1S/C21H25F3N2O3S/c1-4-26(5-2)17-8-11-19(15(3)14-17)25-20(27)12-13-30(28,29)18-9-6-16(7-10-18)21(22,23)24/h6-11,14H,4-5,12-13H2,1-3H3,(H,25,27). The molecule has 0 spiro atoms. The SMILES string of the molecule is CCN(CC)c1ccc(NC(=O)CCS(=O)(=O)c2ccc(C(F)(F)F)cc2)c(C)c1. The molecule has 2 rings (SSSR count). The van der Waals surface area contributed by atoms with Crippen molar-refractivity contribution < 1.29 is 26.4 Å². The molecule has 0 aliphatic carbocycles. The van der Waals surface area contributed by atoms with Crippen LogP contribution in [0.25, 0.3) is 0 Å². The van der Waals surface area contributed by atoms with Gasteiger partial charge in [0.15, 0.2) is 9.84 Å². The van der Waals surface area contributed by atoms with E-state index in [1.165, 1.54) is 0 Å². The molecule has 1 amide bonds. The van der Waals surface area contributed by atoms with Crippen LogP contribution in [0.3, 0.4) is 0 Å². The number of hydrogen-bond acceptors (Lipinski definition) is 4. The van der Waals surface area contributed by atoms with Crippen molar-refractivity contribution in [2.24, 2.45) is 0 Å². The molecule has 0 aliphatic rings. The van der Waals surface area contributed by atoms with E-state index in [0.29, 0.717) is 17.8 Å². The maximum absolute atomic E-state index is 12.6. The highest BCUT2D eigenvalue weighted by Gasteiger charge is 2.30. The number of amides is 1. The predicted octanol–water partition coefficient (Wildman–Crippen LogP) is 4.66. The van der Waals surface area contributed by atoms with Crippen molar-refractivity contribution in [3.05, 3.63) is 53.6 Å². The van der Waals surface area contributed by atoms with Crippen molar-refractivity contribution in [1.82, 2.24) is 0 Å². The summed E-state index contributed by atoms with van der Waals surface area (Å²) in [6.07, 6.45) is -4.85. The number of alkyl halides is 3. The van der Waals surface area contributed by atoms with E-state index in [4.69, 9.17) is 0 Å². The topological polar surface area (TPSA) is 66.5 Å². The van der Waals surface area contributed by atoms with E-state index >= 15 is 0 Å². The lowest BCUT2D eigenvalue weighted by Crippen LogP contribution is -2.22. The van der Waals surface area contributed by atoms with Crippen LogP contribution < -0.4 is 10.2 Å². The van der Waals surface area contributed by atoms with E-state index < -0.39 is 33.2 Å². The van der Waals surface area contributed by atoms with Crippen molar-refractivity contribution >= 4 is 27.1 Å². The summed E-state index contributed by atoms with van der Waals surface area (Å²) in [5.41, 5.74) is 1.53. The Morgan fingerprint density at radius 1 is 1.03 bits per heavy atom. The van der Waals surface area contributed by atoms with Gasteiger partial charge in [-0.15, -0.1) is 0 Å².